The summed E-state index contributed by atoms with van der Waals surface area (Å²) in [7, 11) is -0.822. The molecule has 1 aliphatic rings. The van der Waals surface area contributed by atoms with Gasteiger partial charge in [-0.3, -0.25) is 4.21 Å². The summed E-state index contributed by atoms with van der Waals surface area (Å²) in [4.78, 5) is 0.941. The summed E-state index contributed by atoms with van der Waals surface area (Å²) in [6.45, 7) is 2.81. The fourth-order valence-electron chi connectivity index (χ4n) is 1.33. The smallest absolute Gasteiger partial charge is 0.0622 e. The van der Waals surface area contributed by atoms with Crippen molar-refractivity contribution in [3.63, 3.8) is 0 Å². The monoisotopic (exact) mass is 181 g/mol. The maximum atomic E-state index is 11.7. The Hall–Kier alpha value is -0.830. The molecule has 0 bridgehead atoms. The lowest BCUT2D eigenvalue weighted by Crippen LogP contribution is -2.27. The Labute approximate surface area is 74.4 Å². The predicted molar refractivity (Wildman–Crippen MR) is 50.8 cm³/mol. The molecule has 12 heavy (non-hydrogen) atoms. The third-order valence-corrected chi connectivity index (χ3v) is 3.74. The molecule has 1 aromatic carbocycles. The zero-order valence-corrected chi connectivity index (χ0v) is 7.73. The van der Waals surface area contributed by atoms with E-state index < -0.39 is 10.8 Å². The van der Waals surface area contributed by atoms with Gasteiger partial charge in [-0.2, -0.15) is 0 Å². The standard InChI is InChI=1S/C9H11NOS/c1-7-6-10-8-4-2-3-5-9(8)12(7)11/h2-5,7,10H,6H2,1H3/t7-,12-/m0/s1. The van der Waals surface area contributed by atoms with Crippen LogP contribution in [0, 0.1) is 0 Å². The first-order chi connectivity index (χ1) is 5.79. The molecule has 1 N–H and O–H groups in total. The highest BCUT2D eigenvalue weighted by Gasteiger charge is 2.20. The second-order valence-corrected chi connectivity index (χ2v) is 4.82. The number of rotatable bonds is 0. The van der Waals surface area contributed by atoms with E-state index in [1.165, 1.54) is 0 Å². The van der Waals surface area contributed by atoms with Crippen LogP contribution in [0.3, 0.4) is 0 Å². The molecule has 3 heteroatoms. The first-order valence-corrected chi connectivity index (χ1v) is 5.24. The van der Waals surface area contributed by atoms with Crippen LogP contribution < -0.4 is 5.32 Å². The minimum absolute atomic E-state index is 0.222. The summed E-state index contributed by atoms with van der Waals surface area (Å²) < 4.78 is 11.7. The van der Waals surface area contributed by atoms with Gasteiger partial charge in [0.05, 0.1) is 26.6 Å². The molecule has 2 rings (SSSR count). The van der Waals surface area contributed by atoms with Gasteiger partial charge >= 0.3 is 0 Å². The molecule has 0 amide bonds. The molecular weight excluding hydrogens is 170 g/mol. The van der Waals surface area contributed by atoms with Crippen molar-refractivity contribution in [2.24, 2.45) is 0 Å². The van der Waals surface area contributed by atoms with E-state index >= 15 is 0 Å². The molecule has 0 saturated heterocycles. The highest BCUT2D eigenvalue weighted by Crippen LogP contribution is 2.25. The number of fused-ring (bicyclic) bond motifs is 1. The van der Waals surface area contributed by atoms with E-state index in [2.05, 4.69) is 5.32 Å². The molecule has 2 nitrogen and oxygen atoms in total. The van der Waals surface area contributed by atoms with E-state index in [0.29, 0.717) is 0 Å². The fraction of sp³-hybridized carbons (Fsp3) is 0.333. The van der Waals surface area contributed by atoms with E-state index in [0.717, 1.165) is 17.1 Å². The van der Waals surface area contributed by atoms with Gasteiger partial charge in [0.2, 0.25) is 0 Å². The lowest BCUT2D eigenvalue weighted by Gasteiger charge is -2.22. The highest BCUT2D eigenvalue weighted by atomic mass is 32.2. The topological polar surface area (TPSA) is 29.1 Å². The van der Waals surface area contributed by atoms with Crippen molar-refractivity contribution in [1.82, 2.24) is 0 Å². The molecule has 1 aromatic rings. The first-order valence-electron chi connectivity index (χ1n) is 4.02. The van der Waals surface area contributed by atoms with Gasteiger partial charge in [-0.25, -0.2) is 0 Å². The van der Waals surface area contributed by atoms with Gasteiger partial charge in [-0.1, -0.05) is 12.1 Å². The number of anilines is 1. The van der Waals surface area contributed by atoms with E-state index in [9.17, 15) is 4.21 Å². The van der Waals surface area contributed by atoms with E-state index in [4.69, 9.17) is 0 Å². The maximum absolute atomic E-state index is 11.7. The second-order valence-electron chi connectivity index (χ2n) is 2.99. The van der Waals surface area contributed by atoms with Crippen LogP contribution in [0.25, 0.3) is 0 Å². The van der Waals surface area contributed by atoms with Crippen molar-refractivity contribution in [3.8, 4) is 0 Å². The normalized spacial score (nSPS) is 27.4. The Kier molecular flexibility index (Phi) is 1.89. The van der Waals surface area contributed by atoms with Crippen molar-refractivity contribution in [3.05, 3.63) is 24.3 Å². The third-order valence-electron chi connectivity index (χ3n) is 2.05. The van der Waals surface area contributed by atoms with Gasteiger partial charge < -0.3 is 5.32 Å². The lowest BCUT2D eigenvalue weighted by atomic mass is 10.3. The number of para-hydroxylation sites is 1. The fourth-order valence-corrected chi connectivity index (χ4v) is 2.57. The number of hydrogen-bond donors (Lipinski definition) is 1. The van der Waals surface area contributed by atoms with Crippen LogP contribution in [0.2, 0.25) is 0 Å². The van der Waals surface area contributed by atoms with Gasteiger partial charge in [-0.15, -0.1) is 0 Å². The third kappa shape index (κ3) is 1.14. The van der Waals surface area contributed by atoms with Crippen LogP contribution in [0.5, 0.6) is 0 Å². The van der Waals surface area contributed by atoms with Gasteiger partial charge in [0.15, 0.2) is 0 Å². The van der Waals surface area contributed by atoms with Crippen molar-refractivity contribution < 1.29 is 4.21 Å². The molecule has 0 radical (unpaired) electrons. The Morgan fingerprint density at radius 1 is 1.50 bits per heavy atom. The molecule has 0 spiro atoms. The molecule has 0 fully saturated rings. The summed E-state index contributed by atoms with van der Waals surface area (Å²) in [5.74, 6) is 0. The van der Waals surface area contributed by atoms with Crippen LogP contribution in [0.15, 0.2) is 29.2 Å². The molecule has 0 aromatic heterocycles. The summed E-state index contributed by atoms with van der Waals surface area (Å²) in [5, 5.41) is 3.47. The summed E-state index contributed by atoms with van der Waals surface area (Å²) in [5.41, 5.74) is 1.02. The van der Waals surface area contributed by atoms with E-state index in [1.54, 1.807) is 0 Å². The Morgan fingerprint density at radius 3 is 3.08 bits per heavy atom. The Bertz CT molecular complexity index is 324. The average molecular weight is 181 g/mol. The molecule has 0 unspecified atom stereocenters. The van der Waals surface area contributed by atoms with E-state index in [1.807, 2.05) is 31.2 Å². The Morgan fingerprint density at radius 2 is 2.25 bits per heavy atom. The van der Waals surface area contributed by atoms with Gasteiger partial charge in [0.1, 0.15) is 0 Å². The van der Waals surface area contributed by atoms with Crippen molar-refractivity contribution in [2.75, 3.05) is 11.9 Å². The minimum Gasteiger partial charge on any atom is -0.383 e. The summed E-state index contributed by atoms with van der Waals surface area (Å²) in [6, 6.07) is 7.78. The first kappa shape index (κ1) is 7.80. The van der Waals surface area contributed by atoms with Crippen molar-refractivity contribution >= 4 is 16.5 Å². The lowest BCUT2D eigenvalue weighted by molar-refractivity contribution is 0.672. The van der Waals surface area contributed by atoms with Crippen LogP contribution in [0.1, 0.15) is 6.92 Å². The largest absolute Gasteiger partial charge is 0.383 e. The number of benzene rings is 1. The van der Waals surface area contributed by atoms with Gasteiger partial charge in [0, 0.05) is 6.54 Å². The maximum Gasteiger partial charge on any atom is 0.0622 e. The molecule has 2 atom stereocenters. The van der Waals surface area contributed by atoms with Gasteiger partial charge in [-0.05, 0) is 19.1 Å². The summed E-state index contributed by atoms with van der Waals surface area (Å²) >= 11 is 0. The molecule has 0 saturated carbocycles. The zero-order valence-electron chi connectivity index (χ0n) is 6.91. The Balaban J connectivity index is 2.49. The van der Waals surface area contributed by atoms with Crippen molar-refractivity contribution in [2.45, 2.75) is 17.1 Å². The predicted octanol–water partition coefficient (Wildman–Crippen LogP) is 1.61. The number of hydrogen-bond acceptors (Lipinski definition) is 2. The summed E-state index contributed by atoms with van der Waals surface area (Å²) in [6.07, 6.45) is 0. The SMILES string of the molecule is C[C@H]1CNc2ccccc2[S@]1=O. The second kappa shape index (κ2) is 2.90. The molecule has 0 aliphatic carbocycles. The molecular formula is C9H11NOS. The van der Waals surface area contributed by atoms with Crippen LogP contribution in [-0.2, 0) is 10.8 Å². The van der Waals surface area contributed by atoms with Crippen LogP contribution >= 0.6 is 0 Å². The molecule has 1 aliphatic heterocycles. The average Bonchev–Trinajstić information content (AvgIpc) is 2.12. The van der Waals surface area contributed by atoms with Crippen molar-refractivity contribution in [1.29, 1.82) is 0 Å². The minimum atomic E-state index is -0.822. The van der Waals surface area contributed by atoms with Crippen LogP contribution in [-0.4, -0.2) is 16.0 Å². The highest BCUT2D eigenvalue weighted by molar-refractivity contribution is 7.86. The quantitative estimate of drug-likeness (QED) is 0.658. The molecule has 64 valence electrons. The zero-order chi connectivity index (χ0) is 8.55. The van der Waals surface area contributed by atoms with Gasteiger partial charge in [0.25, 0.3) is 0 Å². The number of nitrogens with one attached hydrogen (secondary N) is 1. The molecule has 1 heterocycles. The van der Waals surface area contributed by atoms with E-state index in [-0.39, 0.29) is 5.25 Å². The van der Waals surface area contributed by atoms with Crippen LogP contribution in [0.4, 0.5) is 5.69 Å².